The lowest BCUT2D eigenvalue weighted by Crippen LogP contribution is -2.41. The van der Waals surface area contributed by atoms with Gasteiger partial charge < -0.3 is 0 Å². The highest BCUT2D eigenvalue weighted by atomic mass is 31.2. The summed E-state index contributed by atoms with van der Waals surface area (Å²) in [5, 5.41) is 2.69. The molecular weight excluding hydrogens is 273 g/mol. The fourth-order valence-electron chi connectivity index (χ4n) is 3.15. The van der Waals surface area contributed by atoms with Crippen LogP contribution in [0.5, 0.6) is 0 Å². The first-order valence-corrected chi connectivity index (χ1v) is 9.54. The van der Waals surface area contributed by atoms with E-state index in [9.17, 15) is 0 Å². The molecule has 0 aliphatic carbocycles. The summed E-state index contributed by atoms with van der Waals surface area (Å²) in [5.41, 5.74) is 0. The fraction of sp³-hybridized carbons (Fsp3) is 0.316. The molecule has 0 bridgehead atoms. The van der Waals surface area contributed by atoms with Gasteiger partial charge in [0.25, 0.3) is 0 Å². The van der Waals surface area contributed by atoms with Crippen molar-refractivity contribution in [3.63, 3.8) is 0 Å². The predicted octanol–water partition coefficient (Wildman–Crippen LogP) is 4.12. The zero-order valence-corrected chi connectivity index (χ0v) is 14.4. The SMILES string of the molecule is C=P(c1ccccc1)(c1ccccc1)N(C(C)C)C(C)C. The zero-order valence-electron chi connectivity index (χ0n) is 13.5. The molecule has 0 aromatic heterocycles. The molecule has 1 nitrogen and oxygen atoms in total. The molecule has 0 heterocycles. The molecule has 0 aliphatic heterocycles. The van der Waals surface area contributed by atoms with Crippen molar-refractivity contribution in [2.75, 3.05) is 0 Å². The maximum atomic E-state index is 4.79. The van der Waals surface area contributed by atoms with Gasteiger partial charge in [-0.1, -0.05) is 67.0 Å². The van der Waals surface area contributed by atoms with Gasteiger partial charge in [-0.25, -0.2) is 0 Å². The van der Waals surface area contributed by atoms with Gasteiger partial charge in [-0.05, 0) is 38.3 Å². The van der Waals surface area contributed by atoms with Gasteiger partial charge in [-0.3, -0.25) is 4.67 Å². The van der Waals surface area contributed by atoms with Crippen LogP contribution in [0.3, 0.4) is 0 Å². The third kappa shape index (κ3) is 3.15. The van der Waals surface area contributed by atoms with Crippen molar-refractivity contribution in [3.05, 3.63) is 60.7 Å². The molecule has 2 rings (SSSR count). The number of nitrogens with zero attached hydrogens (tertiary/aromatic N) is 1. The molecule has 0 radical (unpaired) electrons. The van der Waals surface area contributed by atoms with E-state index in [1.807, 2.05) is 0 Å². The fourth-order valence-corrected chi connectivity index (χ4v) is 6.89. The lowest BCUT2D eigenvalue weighted by molar-refractivity contribution is 0.326. The molecule has 21 heavy (non-hydrogen) atoms. The van der Waals surface area contributed by atoms with Crippen LogP contribution in [0, 0.1) is 0 Å². The summed E-state index contributed by atoms with van der Waals surface area (Å²) in [7, 11) is -1.81. The summed E-state index contributed by atoms with van der Waals surface area (Å²) in [5.74, 6) is 0. The molecule has 0 spiro atoms. The van der Waals surface area contributed by atoms with Crippen molar-refractivity contribution < 1.29 is 0 Å². The Balaban J connectivity index is 2.68. The number of rotatable bonds is 5. The summed E-state index contributed by atoms with van der Waals surface area (Å²) < 4.78 is 2.59. The van der Waals surface area contributed by atoms with Crippen LogP contribution >= 0.6 is 7.04 Å². The summed E-state index contributed by atoms with van der Waals surface area (Å²) in [6.07, 6.45) is 4.79. The van der Waals surface area contributed by atoms with Gasteiger partial charge in [-0.2, -0.15) is 0 Å². The average molecular weight is 299 g/mol. The van der Waals surface area contributed by atoms with Crippen LogP contribution < -0.4 is 10.6 Å². The van der Waals surface area contributed by atoms with Gasteiger partial charge >= 0.3 is 0 Å². The quantitative estimate of drug-likeness (QED) is 0.751. The largest absolute Gasteiger partial charge is 0.272 e. The highest BCUT2D eigenvalue weighted by Crippen LogP contribution is 2.49. The van der Waals surface area contributed by atoms with E-state index in [1.54, 1.807) is 0 Å². The first-order valence-electron chi connectivity index (χ1n) is 7.61. The normalized spacial score (nSPS) is 12.3. The first-order chi connectivity index (χ1) is 9.98. The summed E-state index contributed by atoms with van der Waals surface area (Å²) in [6.45, 7) is 9.08. The van der Waals surface area contributed by atoms with Crippen molar-refractivity contribution >= 4 is 23.9 Å². The third-order valence-corrected chi connectivity index (χ3v) is 7.84. The molecule has 0 unspecified atom stereocenters. The van der Waals surface area contributed by atoms with Crippen molar-refractivity contribution in [1.29, 1.82) is 0 Å². The minimum atomic E-state index is -1.81. The van der Waals surface area contributed by atoms with Gasteiger partial charge in [0.15, 0.2) is 0 Å². The van der Waals surface area contributed by atoms with Crippen LogP contribution in [0.15, 0.2) is 60.7 Å². The maximum absolute atomic E-state index is 4.79. The molecule has 0 N–H and O–H groups in total. The Bertz CT molecular complexity index is 550. The Morgan fingerprint density at radius 3 is 1.33 bits per heavy atom. The molecule has 112 valence electrons. The minimum Gasteiger partial charge on any atom is -0.272 e. The predicted molar refractivity (Wildman–Crippen MR) is 98.3 cm³/mol. The summed E-state index contributed by atoms with van der Waals surface area (Å²) in [6, 6.07) is 22.5. The van der Waals surface area contributed by atoms with Crippen LogP contribution in [0.2, 0.25) is 0 Å². The Morgan fingerprint density at radius 1 is 0.714 bits per heavy atom. The van der Waals surface area contributed by atoms with Gasteiger partial charge in [0, 0.05) is 19.1 Å². The third-order valence-electron chi connectivity index (χ3n) is 3.82. The molecule has 0 saturated carbocycles. The molecule has 0 aliphatic rings. The molecule has 2 aromatic rings. The van der Waals surface area contributed by atoms with E-state index in [1.165, 1.54) is 10.6 Å². The van der Waals surface area contributed by atoms with Gasteiger partial charge in [-0.15, -0.1) is 0 Å². The monoisotopic (exact) mass is 299 g/mol. The molecule has 0 fully saturated rings. The molecule has 2 heteroatoms. The van der Waals surface area contributed by atoms with E-state index in [4.69, 9.17) is 6.30 Å². The van der Waals surface area contributed by atoms with Gasteiger partial charge in [0.1, 0.15) is 0 Å². The van der Waals surface area contributed by atoms with E-state index >= 15 is 0 Å². The van der Waals surface area contributed by atoms with E-state index < -0.39 is 7.04 Å². The van der Waals surface area contributed by atoms with E-state index in [0.717, 1.165) is 0 Å². The first kappa shape index (κ1) is 16.1. The summed E-state index contributed by atoms with van der Waals surface area (Å²) in [4.78, 5) is 0. The van der Waals surface area contributed by atoms with Gasteiger partial charge in [0.05, 0.1) is 0 Å². The molecule has 0 amide bonds. The number of hydrogen-bond donors (Lipinski definition) is 0. The Kier molecular flexibility index (Phi) is 5.08. The maximum Gasteiger partial charge on any atom is 0.00850 e. The molecule has 2 aromatic carbocycles. The molecular formula is C19H26NP. The zero-order chi connectivity index (χ0) is 15.5. The molecule has 0 atom stereocenters. The lowest BCUT2D eigenvalue weighted by Gasteiger charge is -2.43. The van der Waals surface area contributed by atoms with E-state index in [-0.39, 0.29) is 0 Å². The number of benzene rings is 2. The van der Waals surface area contributed by atoms with Crippen LogP contribution in [0.4, 0.5) is 0 Å². The Morgan fingerprint density at radius 2 is 1.05 bits per heavy atom. The van der Waals surface area contributed by atoms with E-state index in [0.29, 0.717) is 12.1 Å². The second-order valence-corrected chi connectivity index (χ2v) is 9.04. The highest BCUT2D eigenvalue weighted by molar-refractivity contribution is 7.85. The standard InChI is InChI=1S/C19H26NP/c1-16(2)20(17(3)4)21(5,18-12-8-6-9-13-18)19-14-10-7-11-15-19/h6-17H,5H2,1-4H3. The minimum absolute atomic E-state index is 0.455. The van der Waals surface area contributed by atoms with Crippen molar-refractivity contribution in [3.8, 4) is 0 Å². The second kappa shape index (κ2) is 6.64. The van der Waals surface area contributed by atoms with Crippen molar-refractivity contribution in [2.24, 2.45) is 0 Å². The Hall–Kier alpha value is -1.30. The van der Waals surface area contributed by atoms with E-state index in [2.05, 4.69) is 93.0 Å². The molecule has 0 saturated heterocycles. The lowest BCUT2D eigenvalue weighted by atomic mass is 10.3. The Labute approximate surface area is 129 Å². The summed E-state index contributed by atoms with van der Waals surface area (Å²) >= 11 is 0. The number of hydrogen-bond acceptors (Lipinski definition) is 1. The van der Waals surface area contributed by atoms with Crippen molar-refractivity contribution in [1.82, 2.24) is 4.67 Å². The smallest absolute Gasteiger partial charge is 0.00850 e. The highest BCUT2D eigenvalue weighted by Gasteiger charge is 2.31. The topological polar surface area (TPSA) is 3.24 Å². The van der Waals surface area contributed by atoms with Gasteiger partial charge in [0.2, 0.25) is 0 Å². The average Bonchev–Trinajstić information content (AvgIpc) is 2.48. The van der Waals surface area contributed by atoms with Crippen LogP contribution in [0.25, 0.3) is 0 Å². The van der Waals surface area contributed by atoms with Crippen molar-refractivity contribution in [2.45, 2.75) is 39.8 Å². The van der Waals surface area contributed by atoms with Crippen LogP contribution in [0.1, 0.15) is 27.7 Å². The van der Waals surface area contributed by atoms with Crippen LogP contribution in [-0.2, 0) is 0 Å². The second-order valence-electron chi connectivity index (χ2n) is 6.01. The van der Waals surface area contributed by atoms with Crippen LogP contribution in [-0.4, -0.2) is 23.1 Å².